The first-order chi connectivity index (χ1) is 6.65. The fraction of sp³-hybridized carbons (Fsp3) is 0.300. The number of carbonyl (C=O) groups is 1. The van der Waals surface area contributed by atoms with Crippen LogP contribution < -0.4 is 5.32 Å². The lowest BCUT2D eigenvalue weighted by Gasteiger charge is -2.02. The van der Waals surface area contributed by atoms with E-state index in [4.69, 9.17) is 0 Å². The maximum atomic E-state index is 11.3. The quantitative estimate of drug-likeness (QED) is 0.816. The molecule has 1 rings (SSSR count). The molecule has 0 radical (unpaired) electrons. The number of carbonyl (C=O) groups excluding carboxylic acids is 1. The Balaban J connectivity index is 2.83. The van der Waals surface area contributed by atoms with Crippen molar-refractivity contribution < 1.29 is 9.00 Å². The first-order valence-electron chi connectivity index (χ1n) is 4.37. The van der Waals surface area contributed by atoms with Gasteiger partial charge in [0.2, 0.25) is 0 Å². The standard InChI is InChI=1S/C10H13NO2S/c1-3-11-10(12)8-4-6-9(7-5-8)14(2)13/h4-7H,3H2,1-2H3,(H,11,12). The summed E-state index contributed by atoms with van der Waals surface area (Å²) < 4.78 is 11.1. The second-order valence-corrected chi connectivity index (χ2v) is 4.22. The minimum Gasteiger partial charge on any atom is -0.352 e. The van der Waals surface area contributed by atoms with Crippen molar-refractivity contribution in [1.29, 1.82) is 0 Å². The van der Waals surface area contributed by atoms with Crippen LogP contribution in [0, 0.1) is 0 Å². The number of hydrogen-bond donors (Lipinski definition) is 1. The van der Waals surface area contributed by atoms with E-state index in [1.54, 1.807) is 30.5 Å². The molecule has 0 saturated heterocycles. The van der Waals surface area contributed by atoms with Crippen molar-refractivity contribution >= 4 is 16.7 Å². The average Bonchev–Trinajstić information content (AvgIpc) is 2.18. The van der Waals surface area contributed by atoms with Crippen LogP contribution in [0.15, 0.2) is 29.2 Å². The molecule has 1 N–H and O–H groups in total. The summed E-state index contributed by atoms with van der Waals surface area (Å²) in [5.74, 6) is -0.0964. The fourth-order valence-corrected chi connectivity index (χ4v) is 1.58. The van der Waals surface area contributed by atoms with Crippen molar-refractivity contribution in [2.24, 2.45) is 0 Å². The summed E-state index contributed by atoms with van der Waals surface area (Å²) in [5.41, 5.74) is 0.598. The van der Waals surface area contributed by atoms with Gasteiger partial charge in [0.15, 0.2) is 0 Å². The Morgan fingerprint density at radius 1 is 1.36 bits per heavy atom. The van der Waals surface area contributed by atoms with Crippen molar-refractivity contribution in [3.63, 3.8) is 0 Å². The zero-order valence-electron chi connectivity index (χ0n) is 8.24. The van der Waals surface area contributed by atoms with E-state index in [9.17, 15) is 9.00 Å². The molecule has 0 fully saturated rings. The molecule has 0 saturated carbocycles. The summed E-state index contributed by atoms with van der Waals surface area (Å²) in [6, 6.07) is 6.78. The molecule has 76 valence electrons. The Morgan fingerprint density at radius 2 is 1.93 bits per heavy atom. The molecule has 14 heavy (non-hydrogen) atoms. The third-order valence-corrected chi connectivity index (χ3v) is 2.72. The molecule has 3 nitrogen and oxygen atoms in total. The van der Waals surface area contributed by atoms with Crippen LogP contribution in [0.5, 0.6) is 0 Å². The average molecular weight is 211 g/mol. The highest BCUT2D eigenvalue weighted by atomic mass is 32.2. The number of amides is 1. The van der Waals surface area contributed by atoms with E-state index in [0.29, 0.717) is 12.1 Å². The third kappa shape index (κ3) is 2.67. The van der Waals surface area contributed by atoms with Gasteiger partial charge in [-0.3, -0.25) is 9.00 Å². The van der Waals surface area contributed by atoms with Crippen LogP contribution in [0.4, 0.5) is 0 Å². The second-order valence-electron chi connectivity index (χ2n) is 2.84. The van der Waals surface area contributed by atoms with Gasteiger partial charge in [-0.05, 0) is 31.2 Å². The number of rotatable bonds is 3. The predicted molar refractivity (Wildman–Crippen MR) is 56.8 cm³/mol. The van der Waals surface area contributed by atoms with Crippen LogP contribution in [-0.2, 0) is 10.8 Å². The van der Waals surface area contributed by atoms with Gasteiger partial charge in [-0.1, -0.05) is 0 Å². The van der Waals surface area contributed by atoms with E-state index in [2.05, 4.69) is 5.32 Å². The van der Waals surface area contributed by atoms with Crippen LogP contribution in [-0.4, -0.2) is 22.9 Å². The molecule has 0 aliphatic heterocycles. The molecule has 0 aromatic heterocycles. The molecule has 1 aromatic rings. The van der Waals surface area contributed by atoms with Crippen molar-refractivity contribution in [2.45, 2.75) is 11.8 Å². The van der Waals surface area contributed by atoms with Crippen molar-refractivity contribution in [3.8, 4) is 0 Å². The highest BCUT2D eigenvalue weighted by Gasteiger charge is 2.04. The number of benzene rings is 1. The fourth-order valence-electron chi connectivity index (χ4n) is 1.06. The molecular weight excluding hydrogens is 198 g/mol. The molecule has 0 aliphatic carbocycles. The Labute approximate surface area is 86.0 Å². The Kier molecular flexibility index (Phi) is 3.83. The lowest BCUT2D eigenvalue weighted by atomic mass is 10.2. The van der Waals surface area contributed by atoms with E-state index < -0.39 is 10.8 Å². The topological polar surface area (TPSA) is 46.2 Å². The van der Waals surface area contributed by atoms with Crippen LogP contribution in [0.2, 0.25) is 0 Å². The van der Waals surface area contributed by atoms with Gasteiger partial charge >= 0.3 is 0 Å². The summed E-state index contributed by atoms with van der Waals surface area (Å²) in [7, 11) is -0.986. The van der Waals surface area contributed by atoms with Gasteiger partial charge in [0.1, 0.15) is 0 Å². The highest BCUT2D eigenvalue weighted by molar-refractivity contribution is 7.84. The summed E-state index contributed by atoms with van der Waals surface area (Å²) in [6.07, 6.45) is 1.61. The SMILES string of the molecule is CCNC(=O)c1ccc(S(C)=O)cc1. The maximum absolute atomic E-state index is 11.3. The normalized spacial score (nSPS) is 12.1. The zero-order chi connectivity index (χ0) is 10.6. The van der Waals surface area contributed by atoms with Gasteiger partial charge in [-0.15, -0.1) is 0 Å². The summed E-state index contributed by atoms with van der Waals surface area (Å²) in [4.78, 5) is 12.1. The molecule has 1 amide bonds. The van der Waals surface area contributed by atoms with Crippen molar-refractivity contribution in [1.82, 2.24) is 5.32 Å². The Bertz CT molecular complexity index is 346. The largest absolute Gasteiger partial charge is 0.352 e. The van der Waals surface area contributed by atoms with Gasteiger partial charge in [-0.25, -0.2) is 0 Å². The molecule has 0 bridgehead atoms. The van der Waals surface area contributed by atoms with E-state index in [-0.39, 0.29) is 5.91 Å². The number of hydrogen-bond acceptors (Lipinski definition) is 2. The van der Waals surface area contributed by atoms with Gasteiger partial charge in [0, 0.05) is 34.1 Å². The summed E-state index contributed by atoms with van der Waals surface area (Å²) in [6.45, 7) is 2.48. The van der Waals surface area contributed by atoms with Gasteiger partial charge in [0.05, 0.1) is 0 Å². The van der Waals surface area contributed by atoms with E-state index >= 15 is 0 Å². The predicted octanol–water partition coefficient (Wildman–Crippen LogP) is 1.17. The second kappa shape index (κ2) is 4.91. The van der Waals surface area contributed by atoms with Crippen molar-refractivity contribution in [2.75, 3.05) is 12.8 Å². The monoisotopic (exact) mass is 211 g/mol. The summed E-state index contributed by atoms with van der Waals surface area (Å²) in [5, 5.41) is 2.70. The molecule has 1 unspecified atom stereocenters. The van der Waals surface area contributed by atoms with Crippen LogP contribution in [0.1, 0.15) is 17.3 Å². The van der Waals surface area contributed by atoms with Crippen LogP contribution >= 0.6 is 0 Å². The molecule has 0 spiro atoms. The molecule has 4 heteroatoms. The third-order valence-electron chi connectivity index (χ3n) is 1.79. The molecule has 1 atom stereocenters. The molecule has 0 heterocycles. The van der Waals surface area contributed by atoms with Gasteiger partial charge in [0.25, 0.3) is 5.91 Å². The van der Waals surface area contributed by atoms with Crippen LogP contribution in [0.3, 0.4) is 0 Å². The number of nitrogens with one attached hydrogen (secondary N) is 1. The van der Waals surface area contributed by atoms with E-state index in [1.807, 2.05) is 6.92 Å². The first-order valence-corrected chi connectivity index (χ1v) is 5.92. The van der Waals surface area contributed by atoms with Gasteiger partial charge in [-0.2, -0.15) is 0 Å². The first kappa shape index (κ1) is 10.9. The van der Waals surface area contributed by atoms with Crippen molar-refractivity contribution in [3.05, 3.63) is 29.8 Å². The Morgan fingerprint density at radius 3 is 2.36 bits per heavy atom. The maximum Gasteiger partial charge on any atom is 0.251 e. The smallest absolute Gasteiger partial charge is 0.251 e. The van der Waals surface area contributed by atoms with Gasteiger partial charge < -0.3 is 5.32 Å². The molecular formula is C10H13NO2S. The van der Waals surface area contributed by atoms with E-state index in [0.717, 1.165) is 4.90 Å². The van der Waals surface area contributed by atoms with Crippen LogP contribution in [0.25, 0.3) is 0 Å². The molecule has 0 aliphatic rings. The Hall–Kier alpha value is -1.16. The lowest BCUT2D eigenvalue weighted by Crippen LogP contribution is -2.22. The highest BCUT2D eigenvalue weighted by Crippen LogP contribution is 2.07. The zero-order valence-corrected chi connectivity index (χ0v) is 9.06. The minimum absolute atomic E-state index is 0.0964. The van der Waals surface area contributed by atoms with E-state index in [1.165, 1.54) is 0 Å². The molecule has 1 aromatic carbocycles. The minimum atomic E-state index is -0.986. The lowest BCUT2D eigenvalue weighted by molar-refractivity contribution is 0.0956. The summed E-state index contributed by atoms with van der Waals surface area (Å²) >= 11 is 0.